The molecule has 0 saturated heterocycles. The number of aromatic hydroxyl groups is 1. The number of hydrogen-bond acceptors (Lipinski definition) is 3. The van der Waals surface area contributed by atoms with E-state index >= 15 is 0 Å². The number of rotatable bonds is 4. The Morgan fingerprint density at radius 3 is 2.52 bits per heavy atom. The summed E-state index contributed by atoms with van der Waals surface area (Å²) < 4.78 is 5.63. The van der Waals surface area contributed by atoms with Gasteiger partial charge in [0.15, 0.2) is 5.58 Å². The molecule has 0 atom stereocenters. The van der Waals surface area contributed by atoms with Crippen molar-refractivity contribution in [1.29, 1.82) is 0 Å². The van der Waals surface area contributed by atoms with Gasteiger partial charge >= 0.3 is 5.63 Å². The Hall–Kier alpha value is -1.52. The molecule has 2 N–H and O–H groups in total. The Kier molecular flexibility index (Phi) is 4.64. The second kappa shape index (κ2) is 6.54. The van der Waals surface area contributed by atoms with Crippen LogP contribution >= 0.6 is 11.6 Å². The minimum Gasteiger partial charge on any atom is -0.506 e. The van der Waals surface area contributed by atoms with Crippen LogP contribution in [0.1, 0.15) is 43.4 Å². The Morgan fingerprint density at radius 2 is 1.87 bits per heavy atom. The minimum absolute atomic E-state index is 0.0393. The summed E-state index contributed by atoms with van der Waals surface area (Å²) in [7, 11) is 0. The summed E-state index contributed by atoms with van der Waals surface area (Å²) in [5.74, 6) is 0.0393. The van der Waals surface area contributed by atoms with Crippen molar-refractivity contribution in [2.24, 2.45) is 0 Å². The average Bonchev–Trinajstić information content (AvgIpc) is 2.57. The molecule has 3 rings (SSSR count). The van der Waals surface area contributed by atoms with Crippen LogP contribution in [0, 0.1) is 0 Å². The first-order valence-electron chi connectivity index (χ1n) is 8.39. The van der Waals surface area contributed by atoms with Gasteiger partial charge in [-0.15, -0.1) is 0 Å². The fourth-order valence-corrected chi connectivity index (χ4v) is 3.73. The molecule has 0 bridgehead atoms. The summed E-state index contributed by atoms with van der Waals surface area (Å²) >= 11 is 6.27. The molecule has 5 heteroatoms. The van der Waals surface area contributed by atoms with E-state index in [0.29, 0.717) is 22.7 Å². The number of halogens is 1. The van der Waals surface area contributed by atoms with E-state index in [9.17, 15) is 9.90 Å². The number of benzene rings is 1. The van der Waals surface area contributed by atoms with Gasteiger partial charge in [0.05, 0.1) is 23.7 Å². The average molecular weight is 337 g/mol. The van der Waals surface area contributed by atoms with Crippen LogP contribution in [0.2, 0.25) is 5.02 Å². The maximum Gasteiger partial charge on any atom is 0.339 e. The van der Waals surface area contributed by atoms with Crippen molar-refractivity contribution < 1.29 is 14.4 Å². The van der Waals surface area contributed by atoms with E-state index in [1.807, 2.05) is 0 Å². The molecule has 0 saturated carbocycles. The molecule has 0 spiro atoms. The number of nitrogens with one attached hydrogen (secondary N) is 1. The monoisotopic (exact) mass is 336 g/mol. The Labute approximate surface area is 140 Å². The van der Waals surface area contributed by atoms with Gasteiger partial charge in [-0.2, -0.15) is 0 Å². The molecule has 0 unspecified atom stereocenters. The van der Waals surface area contributed by atoms with Crippen LogP contribution in [-0.2, 0) is 19.4 Å². The molecule has 2 aromatic rings. The molecular weight excluding hydrogens is 314 g/mol. The molecule has 0 fully saturated rings. The first-order chi connectivity index (χ1) is 11.1. The minimum atomic E-state index is -0.260. The molecule has 0 radical (unpaired) electrons. The first kappa shape index (κ1) is 16.3. The fourth-order valence-electron chi connectivity index (χ4n) is 3.51. The molecule has 1 aliphatic rings. The third-order valence-electron chi connectivity index (χ3n) is 4.96. The van der Waals surface area contributed by atoms with Crippen molar-refractivity contribution in [3.63, 3.8) is 0 Å². The normalized spacial score (nSPS) is 14.4. The molecular formula is C18H23ClNO3+. The summed E-state index contributed by atoms with van der Waals surface area (Å²) in [4.78, 5) is 13.7. The van der Waals surface area contributed by atoms with E-state index in [0.717, 1.165) is 55.3 Å². The molecule has 23 heavy (non-hydrogen) atoms. The highest BCUT2D eigenvalue weighted by molar-refractivity contribution is 6.33. The van der Waals surface area contributed by atoms with E-state index in [1.54, 1.807) is 6.07 Å². The zero-order valence-electron chi connectivity index (χ0n) is 13.7. The standard InChI is InChI=1S/C18H22ClNO3/c1-3-20(4-2)10-14-16(21)15(19)9-13-11-7-5-6-8-12(11)18(22)23-17(13)14/h9,21H,3-8,10H2,1-2H3/p+1. The number of hydrogen-bond donors (Lipinski definition) is 2. The van der Waals surface area contributed by atoms with Crippen molar-refractivity contribution in [1.82, 2.24) is 0 Å². The lowest BCUT2D eigenvalue weighted by molar-refractivity contribution is -0.910. The molecule has 1 aliphatic carbocycles. The molecule has 1 heterocycles. The molecule has 1 aromatic carbocycles. The predicted molar refractivity (Wildman–Crippen MR) is 91.5 cm³/mol. The van der Waals surface area contributed by atoms with Gasteiger partial charge in [-0.3, -0.25) is 0 Å². The van der Waals surface area contributed by atoms with Gasteiger partial charge in [-0.1, -0.05) is 11.6 Å². The van der Waals surface area contributed by atoms with Crippen molar-refractivity contribution in [2.45, 2.75) is 46.1 Å². The van der Waals surface area contributed by atoms with Gasteiger partial charge < -0.3 is 14.4 Å². The smallest absolute Gasteiger partial charge is 0.339 e. The highest BCUT2D eigenvalue weighted by Crippen LogP contribution is 2.37. The summed E-state index contributed by atoms with van der Waals surface area (Å²) in [6.07, 6.45) is 3.73. The van der Waals surface area contributed by atoms with Crippen LogP contribution in [0.3, 0.4) is 0 Å². The van der Waals surface area contributed by atoms with E-state index in [4.69, 9.17) is 16.0 Å². The van der Waals surface area contributed by atoms with Crippen LogP contribution < -0.4 is 10.5 Å². The molecule has 124 valence electrons. The number of fused-ring (bicyclic) bond motifs is 3. The second-order valence-corrected chi connectivity index (χ2v) is 6.66. The van der Waals surface area contributed by atoms with E-state index in [-0.39, 0.29) is 11.4 Å². The van der Waals surface area contributed by atoms with Gasteiger partial charge in [0.2, 0.25) is 0 Å². The van der Waals surface area contributed by atoms with Crippen LogP contribution in [-0.4, -0.2) is 18.2 Å². The van der Waals surface area contributed by atoms with Gasteiger partial charge in [0.1, 0.15) is 12.3 Å². The maximum atomic E-state index is 12.4. The van der Waals surface area contributed by atoms with Gasteiger partial charge in [-0.25, -0.2) is 4.79 Å². The van der Waals surface area contributed by atoms with Crippen LogP contribution in [0.15, 0.2) is 15.3 Å². The SMILES string of the molecule is CC[NH+](CC)Cc1c(O)c(Cl)cc2c3c(c(=O)oc12)CCCC3. The van der Waals surface area contributed by atoms with E-state index in [1.165, 1.54) is 4.90 Å². The molecule has 4 nitrogen and oxygen atoms in total. The summed E-state index contributed by atoms with van der Waals surface area (Å²) in [6.45, 7) is 6.65. The zero-order valence-corrected chi connectivity index (χ0v) is 14.4. The summed E-state index contributed by atoms with van der Waals surface area (Å²) in [6, 6.07) is 1.75. The Balaban J connectivity index is 2.28. The summed E-state index contributed by atoms with van der Waals surface area (Å²) in [5.41, 5.74) is 2.74. The number of phenolic OH excluding ortho intramolecular Hbond substituents is 1. The maximum absolute atomic E-state index is 12.4. The lowest BCUT2D eigenvalue weighted by atomic mass is 9.90. The molecule has 0 aliphatic heterocycles. The second-order valence-electron chi connectivity index (χ2n) is 6.25. The number of phenols is 1. The van der Waals surface area contributed by atoms with Crippen LogP contribution in [0.25, 0.3) is 11.0 Å². The first-order valence-corrected chi connectivity index (χ1v) is 8.77. The van der Waals surface area contributed by atoms with E-state index < -0.39 is 0 Å². The fraction of sp³-hybridized carbons (Fsp3) is 0.500. The number of aryl methyl sites for hydroxylation is 1. The van der Waals surface area contributed by atoms with Crippen molar-refractivity contribution >= 4 is 22.6 Å². The van der Waals surface area contributed by atoms with E-state index in [2.05, 4.69) is 13.8 Å². The van der Waals surface area contributed by atoms with Crippen LogP contribution in [0.4, 0.5) is 0 Å². The summed E-state index contributed by atoms with van der Waals surface area (Å²) in [5, 5.41) is 11.6. The topological polar surface area (TPSA) is 54.9 Å². The predicted octanol–water partition coefficient (Wildman–Crippen LogP) is 2.46. The third kappa shape index (κ3) is 2.86. The van der Waals surface area contributed by atoms with Crippen LogP contribution in [0.5, 0.6) is 5.75 Å². The quantitative estimate of drug-likeness (QED) is 0.843. The third-order valence-corrected chi connectivity index (χ3v) is 5.25. The lowest BCUT2D eigenvalue weighted by Crippen LogP contribution is -3.10. The lowest BCUT2D eigenvalue weighted by Gasteiger charge is -2.20. The van der Waals surface area contributed by atoms with Gasteiger partial charge in [0.25, 0.3) is 0 Å². The van der Waals surface area contributed by atoms with Crippen molar-refractivity contribution in [3.8, 4) is 5.75 Å². The highest BCUT2D eigenvalue weighted by Gasteiger charge is 2.24. The largest absolute Gasteiger partial charge is 0.506 e. The Bertz CT molecular complexity index is 793. The van der Waals surface area contributed by atoms with Gasteiger partial charge in [0, 0.05) is 10.9 Å². The Morgan fingerprint density at radius 1 is 1.22 bits per heavy atom. The number of quaternary nitrogens is 1. The molecule has 0 amide bonds. The molecule has 1 aromatic heterocycles. The van der Waals surface area contributed by atoms with Crippen molar-refractivity contribution in [2.75, 3.05) is 13.1 Å². The highest BCUT2D eigenvalue weighted by atomic mass is 35.5. The van der Waals surface area contributed by atoms with Crippen molar-refractivity contribution in [3.05, 3.63) is 38.2 Å². The zero-order chi connectivity index (χ0) is 16.6. The van der Waals surface area contributed by atoms with Gasteiger partial charge in [-0.05, 0) is 51.2 Å².